The quantitative estimate of drug-likeness (QED) is 0.464. The molecule has 3 nitrogen and oxygen atoms in total. The van der Waals surface area contributed by atoms with Crippen molar-refractivity contribution in [2.75, 3.05) is 13.7 Å². The Morgan fingerprint density at radius 2 is 1.94 bits per heavy atom. The Kier molecular flexibility index (Phi) is 5.32. The lowest BCUT2D eigenvalue weighted by atomic mass is 9.49. The molecule has 0 aromatic rings. The van der Waals surface area contributed by atoms with Crippen molar-refractivity contribution in [3.63, 3.8) is 0 Å². The fourth-order valence-corrected chi connectivity index (χ4v) is 9.16. The second-order valence-corrected chi connectivity index (χ2v) is 12.3. The van der Waals surface area contributed by atoms with Crippen molar-refractivity contribution >= 4 is 0 Å². The fraction of sp³-hybridized carbons (Fsp3) is 0.857. The molecule has 3 heteroatoms. The Morgan fingerprint density at radius 1 is 1.19 bits per heavy atom. The molecule has 0 aromatic carbocycles. The van der Waals surface area contributed by atoms with E-state index in [1.54, 1.807) is 7.11 Å². The van der Waals surface area contributed by atoms with Gasteiger partial charge in [0.15, 0.2) is 12.1 Å². The topological polar surface area (TPSA) is 27.7 Å². The summed E-state index contributed by atoms with van der Waals surface area (Å²) < 4.78 is 18.9. The molecule has 0 spiro atoms. The average molecular weight is 429 g/mol. The lowest BCUT2D eigenvalue weighted by molar-refractivity contribution is -0.271. The van der Waals surface area contributed by atoms with Gasteiger partial charge in [-0.15, -0.1) is 0 Å². The van der Waals surface area contributed by atoms with E-state index in [0.29, 0.717) is 41.1 Å². The molecule has 0 radical (unpaired) electrons. The van der Waals surface area contributed by atoms with Crippen LogP contribution in [0.1, 0.15) is 79.6 Å². The van der Waals surface area contributed by atoms with Crippen molar-refractivity contribution in [1.82, 2.24) is 0 Å². The van der Waals surface area contributed by atoms with E-state index in [9.17, 15) is 0 Å². The van der Waals surface area contributed by atoms with Crippen molar-refractivity contribution < 1.29 is 14.2 Å². The van der Waals surface area contributed by atoms with Crippen LogP contribution in [-0.2, 0) is 14.2 Å². The van der Waals surface area contributed by atoms with Crippen LogP contribution in [0.2, 0.25) is 0 Å². The van der Waals surface area contributed by atoms with Crippen molar-refractivity contribution in [3.05, 3.63) is 23.8 Å². The number of hydrogen-bond acceptors (Lipinski definition) is 3. The maximum Gasteiger partial charge on any atom is 0.183 e. The standard InChI is InChI=1S/C28H44O3/c1-8-30-28-15-18(4)21-16-27(6)14-13-26(5)12-11-19(17(2)3)24(26)22(27)10-9-20(23(21)28)25(29-7)31-28/h9,18-19,21-25H,2,8,10-16H2,1,3-7H3. The van der Waals surface area contributed by atoms with Gasteiger partial charge in [0.2, 0.25) is 0 Å². The summed E-state index contributed by atoms with van der Waals surface area (Å²) in [5.41, 5.74) is 3.66. The summed E-state index contributed by atoms with van der Waals surface area (Å²) in [5, 5.41) is 0. The van der Waals surface area contributed by atoms with Gasteiger partial charge in [-0.3, -0.25) is 0 Å². The molecule has 0 N–H and O–H groups in total. The molecule has 10 unspecified atom stereocenters. The zero-order valence-electron chi connectivity index (χ0n) is 20.7. The Morgan fingerprint density at radius 3 is 2.61 bits per heavy atom. The molecule has 0 aromatic heterocycles. The zero-order valence-corrected chi connectivity index (χ0v) is 20.7. The van der Waals surface area contributed by atoms with Gasteiger partial charge < -0.3 is 14.2 Å². The van der Waals surface area contributed by atoms with Crippen LogP contribution in [-0.4, -0.2) is 25.8 Å². The molecule has 10 atom stereocenters. The van der Waals surface area contributed by atoms with Crippen LogP contribution in [0.15, 0.2) is 23.8 Å². The second kappa shape index (κ2) is 7.43. The van der Waals surface area contributed by atoms with E-state index in [-0.39, 0.29) is 6.29 Å². The van der Waals surface area contributed by atoms with Gasteiger partial charge >= 0.3 is 0 Å². The van der Waals surface area contributed by atoms with Crippen LogP contribution in [0.3, 0.4) is 0 Å². The third-order valence-electron chi connectivity index (χ3n) is 10.6. The maximum atomic E-state index is 6.58. The normalized spacial score (nSPS) is 53.2. The van der Waals surface area contributed by atoms with Gasteiger partial charge in [-0.25, -0.2) is 0 Å². The van der Waals surface area contributed by atoms with E-state index in [4.69, 9.17) is 14.2 Å². The summed E-state index contributed by atoms with van der Waals surface area (Å²) in [7, 11) is 1.79. The predicted molar refractivity (Wildman–Crippen MR) is 124 cm³/mol. The third-order valence-corrected chi connectivity index (χ3v) is 10.6. The highest BCUT2D eigenvalue weighted by Crippen LogP contribution is 2.68. The van der Waals surface area contributed by atoms with Gasteiger partial charge in [0.25, 0.3) is 0 Å². The van der Waals surface area contributed by atoms with E-state index < -0.39 is 5.79 Å². The van der Waals surface area contributed by atoms with Gasteiger partial charge in [-0.05, 0) is 98.4 Å². The van der Waals surface area contributed by atoms with Crippen LogP contribution < -0.4 is 0 Å². The molecule has 1 heterocycles. The monoisotopic (exact) mass is 428 g/mol. The van der Waals surface area contributed by atoms with E-state index in [1.165, 1.54) is 43.3 Å². The molecule has 174 valence electrons. The second-order valence-electron chi connectivity index (χ2n) is 12.3. The van der Waals surface area contributed by atoms with E-state index in [0.717, 1.165) is 24.7 Å². The first-order chi connectivity index (χ1) is 14.7. The van der Waals surface area contributed by atoms with E-state index >= 15 is 0 Å². The van der Waals surface area contributed by atoms with Crippen LogP contribution >= 0.6 is 0 Å². The number of allylic oxidation sites excluding steroid dienone is 2. The first kappa shape index (κ1) is 22.2. The molecular weight excluding hydrogens is 384 g/mol. The minimum Gasteiger partial charge on any atom is -0.352 e. The first-order valence-electron chi connectivity index (χ1n) is 12.9. The van der Waals surface area contributed by atoms with Gasteiger partial charge in [0.05, 0.1) is 0 Å². The SMILES string of the molecule is C=C(C)C1CCC2(C)CCC3(C)CC4C(C)CC5(OCC)OC(OC)C(=CCC3C12)C45. The van der Waals surface area contributed by atoms with Crippen LogP contribution in [0.5, 0.6) is 0 Å². The minimum atomic E-state index is -0.481. The van der Waals surface area contributed by atoms with E-state index in [1.807, 2.05) is 0 Å². The van der Waals surface area contributed by atoms with Crippen LogP contribution in [0.25, 0.3) is 0 Å². The number of methoxy groups -OCH3 is 1. The van der Waals surface area contributed by atoms with Crippen molar-refractivity contribution in [1.29, 1.82) is 0 Å². The molecule has 5 aliphatic rings. The summed E-state index contributed by atoms with van der Waals surface area (Å²) in [6.45, 7) is 17.2. The zero-order chi connectivity index (χ0) is 22.2. The summed E-state index contributed by atoms with van der Waals surface area (Å²) in [6.07, 6.45) is 11.2. The van der Waals surface area contributed by atoms with Gasteiger partial charge in [-0.2, -0.15) is 0 Å². The largest absolute Gasteiger partial charge is 0.352 e. The smallest absolute Gasteiger partial charge is 0.183 e. The summed E-state index contributed by atoms with van der Waals surface area (Å²) in [4.78, 5) is 0. The lowest BCUT2D eigenvalue weighted by Gasteiger charge is -2.56. The molecule has 5 rings (SSSR count). The molecule has 4 aliphatic carbocycles. The summed E-state index contributed by atoms with van der Waals surface area (Å²) >= 11 is 0. The van der Waals surface area contributed by atoms with Gasteiger partial charge in [-0.1, -0.05) is 39.0 Å². The van der Waals surface area contributed by atoms with Gasteiger partial charge in [0.1, 0.15) is 0 Å². The predicted octanol–water partition coefficient (Wildman–Crippen LogP) is 6.74. The number of fused-ring (bicyclic) bond motifs is 3. The van der Waals surface area contributed by atoms with Crippen molar-refractivity contribution in [2.45, 2.75) is 91.6 Å². The van der Waals surface area contributed by atoms with Crippen LogP contribution in [0.4, 0.5) is 0 Å². The van der Waals surface area contributed by atoms with Crippen LogP contribution in [0, 0.1) is 46.3 Å². The highest BCUT2D eigenvalue weighted by Gasteiger charge is 2.65. The van der Waals surface area contributed by atoms with Crippen molar-refractivity contribution in [3.8, 4) is 0 Å². The summed E-state index contributed by atoms with van der Waals surface area (Å²) in [5.74, 6) is 3.25. The fourth-order valence-electron chi connectivity index (χ4n) is 9.16. The molecule has 4 fully saturated rings. The molecule has 31 heavy (non-hydrogen) atoms. The molecule has 1 aliphatic heterocycles. The molecular formula is C28H44O3. The van der Waals surface area contributed by atoms with Gasteiger partial charge in [0, 0.05) is 26.1 Å². The number of ether oxygens (including phenoxy) is 3. The average Bonchev–Trinajstić information content (AvgIpc) is 3.28. The maximum absolute atomic E-state index is 6.58. The molecule has 1 saturated heterocycles. The molecule has 0 amide bonds. The highest BCUT2D eigenvalue weighted by atomic mass is 16.8. The summed E-state index contributed by atoms with van der Waals surface area (Å²) in [6, 6.07) is 0. The minimum absolute atomic E-state index is 0.244. The Bertz CT molecular complexity index is 772. The third kappa shape index (κ3) is 3.09. The number of hydrogen-bond donors (Lipinski definition) is 0. The molecule has 0 bridgehead atoms. The van der Waals surface area contributed by atoms with E-state index in [2.05, 4.69) is 47.3 Å². The number of rotatable bonds is 4. The Balaban J connectivity index is 1.58. The first-order valence-corrected chi connectivity index (χ1v) is 12.9. The Labute approximate surface area is 190 Å². The van der Waals surface area contributed by atoms with Crippen molar-refractivity contribution in [2.24, 2.45) is 46.3 Å². The lowest BCUT2D eigenvalue weighted by Crippen LogP contribution is -2.48. The Hall–Kier alpha value is -0.640. The molecule has 3 saturated carbocycles. The highest BCUT2D eigenvalue weighted by molar-refractivity contribution is 5.27.